The first-order chi connectivity index (χ1) is 7.14. The van der Waals surface area contributed by atoms with E-state index < -0.39 is 5.41 Å². The Kier molecular flexibility index (Phi) is 1.40. The first kappa shape index (κ1) is 8.59. The molecule has 2 amide bonds. The lowest BCUT2D eigenvalue weighted by Gasteiger charge is -2.09. The molecule has 76 valence electrons. The van der Waals surface area contributed by atoms with Crippen LogP contribution in [0.25, 0.3) is 0 Å². The second-order valence-electron chi connectivity index (χ2n) is 4.05. The molecule has 0 spiro atoms. The summed E-state index contributed by atoms with van der Waals surface area (Å²) in [6.45, 7) is 0. The highest BCUT2D eigenvalue weighted by atomic mass is 19.1. The fourth-order valence-corrected chi connectivity index (χ4v) is 2.34. The Bertz CT molecular complexity index is 468. The van der Waals surface area contributed by atoms with E-state index in [9.17, 15) is 14.0 Å². The molecule has 3 nitrogen and oxygen atoms in total. The molecule has 15 heavy (non-hydrogen) atoms. The standard InChI is InChI=1S/C11H8FNO2/c12-7-3-1-6(2-4-7)11-5-8(11)9(14)13-10(11)15/h1-4,8H,5H2,(H,13,14,15). The van der Waals surface area contributed by atoms with Crippen LogP contribution < -0.4 is 5.32 Å². The van der Waals surface area contributed by atoms with Crippen molar-refractivity contribution in [3.05, 3.63) is 35.6 Å². The summed E-state index contributed by atoms with van der Waals surface area (Å²) in [6.07, 6.45) is 0.559. The van der Waals surface area contributed by atoms with Crippen LogP contribution in [0, 0.1) is 11.7 Å². The zero-order valence-corrected chi connectivity index (χ0v) is 7.79. The molecular weight excluding hydrogens is 197 g/mol. The van der Waals surface area contributed by atoms with Gasteiger partial charge in [-0.15, -0.1) is 0 Å². The number of hydrogen-bond donors (Lipinski definition) is 1. The highest BCUT2D eigenvalue weighted by Crippen LogP contribution is 2.57. The number of nitrogens with one attached hydrogen (secondary N) is 1. The van der Waals surface area contributed by atoms with Crippen LogP contribution in [-0.2, 0) is 15.0 Å². The maximum absolute atomic E-state index is 12.7. The summed E-state index contributed by atoms with van der Waals surface area (Å²) in [6, 6.07) is 5.78. The third kappa shape index (κ3) is 0.936. The third-order valence-corrected chi connectivity index (χ3v) is 3.28. The summed E-state index contributed by atoms with van der Waals surface area (Å²) in [5.41, 5.74) is 0.0439. The van der Waals surface area contributed by atoms with Crippen LogP contribution in [0.1, 0.15) is 12.0 Å². The van der Waals surface area contributed by atoms with Crippen molar-refractivity contribution in [1.82, 2.24) is 5.32 Å². The molecule has 1 aliphatic heterocycles. The first-order valence-corrected chi connectivity index (χ1v) is 4.76. The monoisotopic (exact) mass is 205 g/mol. The van der Waals surface area contributed by atoms with Gasteiger partial charge in [0.1, 0.15) is 5.82 Å². The Balaban J connectivity index is 2.06. The van der Waals surface area contributed by atoms with Gasteiger partial charge in [0.15, 0.2) is 0 Å². The number of carbonyl (C=O) groups excluding carboxylic acids is 2. The van der Waals surface area contributed by atoms with Crippen LogP contribution in [0.5, 0.6) is 0 Å². The zero-order valence-electron chi connectivity index (χ0n) is 7.79. The summed E-state index contributed by atoms with van der Waals surface area (Å²) in [5.74, 6) is -1.03. The van der Waals surface area contributed by atoms with Crippen LogP contribution >= 0.6 is 0 Å². The van der Waals surface area contributed by atoms with Crippen molar-refractivity contribution in [2.24, 2.45) is 5.92 Å². The van der Waals surface area contributed by atoms with Gasteiger partial charge >= 0.3 is 0 Å². The summed E-state index contributed by atoms with van der Waals surface area (Å²) in [4.78, 5) is 22.9. The van der Waals surface area contributed by atoms with Gasteiger partial charge in [0.2, 0.25) is 11.8 Å². The molecule has 1 saturated carbocycles. The maximum Gasteiger partial charge on any atom is 0.238 e. The molecule has 4 heteroatoms. The van der Waals surface area contributed by atoms with E-state index in [4.69, 9.17) is 0 Å². The maximum atomic E-state index is 12.7. The highest BCUT2D eigenvalue weighted by Gasteiger charge is 2.69. The normalized spacial score (nSPS) is 32.5. The number of piperidine rings is 1. The summed E-state index contributed by atoms with van der Waals surface area (Å²) >= 11 is 0. The molecule has 0 aromatic heterocycles. The molecule has 1 aromatic carbocycles. The van der Waals surface area contributed by atoms with Crippen molar-refractivity contribution in [3.63, 3.8) is 0 Å². The van der Waals surface area contributed by atoms with Gasteiger partial charge in [0.25, 0.3) is 0 Å². The van der Waals surface area contributed by atoms with Gasteiger partial charge in [-0.3, -0.25) is 14.9 Å². The lowest BCUT2D eigenvalue weighted by molar-refractivity contribution is -0.127. The molecule has 2 fully saturated rings. The van der Waals surface area contributed by atoms with Crippen molar-refractivity contribution in [3.8, 4) is 0 Å². The second kappa shape index (κ2) is 2.45. The summed E-state index contributed by atoms with van der Waals surface area (Å²) in [5, 5.41) is 2.30. The van der Waals surface area contributed by atoms with Crippen LogP contribution in [0.3, 0.4) is 0 Å². The Morgan fingerprint density at radius 1 is 1.27 bits per heavy atom. The molecule has 3 rings (SSSR count). The van der Waals surface area contributed by atoms with E-state index in [0.29, 0.717) is 6.42 Å². The average molecular weight is 205 g/mol. The second-order valence-corrected chi connectivity index (χ2v) is 4.05. The molecule has 0 radical (unpaired) electrons. The van der Waals surface area contributed by atoms with Gasteiger partial charge in [0, 0.05) is 0 Å². The number of amides is 2. The quantitative estimate of drug-likeness (QED) is 0.687. The van der Waals surface area contributed by atoms with Crippen molar-refractivity contribution >= 4 is 11.8 Å². The predicted molar refractivity (Wildman–Crippen MR) is 49.3 cm³/mol. The molecule has 1 N–H and O–H groups in total. The third-order valence-electron chi connectivity index (χ3n) is 3.28. The van der Waals surface area contributed by atoms with Crippen molar-refractivity contribution in [2.75, 3.05) is 0 Å². The molecule has 2 aliphatic rings. The van der Waals surface area contributed by atoms with E-state index in [1.165, 1.54) is 12.1 Å². The Morgan fingerprint density at radius 3 is 2.40 bits per heavy atom. The van der Waals surface area contributed by atoms with Crippen LogP contribution in [0.15, 0.2) is 24.3 Å². The number of fused-ring (bicyclic) bond motifs is 1. The van der Waals surface area contributed by atoms with Crippen LogP contribution in [0.4, 0.5) is 4.39 Å². The van der Waals surface area contributed by atoms with Gasteiger partial charge in [-0.1, -0.05) is 12.1 Å². The number of hydrogen-bond acceptors (Lipinski definition) is 2. The fourth-order valence-electron chi connectivity index (χ4n) is 2.34. The Labute approximate surface area is 85.3 Å². The van der Waals surface area contributed by atoms with Gasteiger partial charge in [-0.2, -0.15) is 0 Å². The molecule has 2 unspecified atom stereocenters. The molecule has 1 saturated heterocycles. The number of rotatable bonds is 1. The lowest BCUT2D eigenvalue weighted by atomic mass is 9.94. The van der Waals surface area contributed by atoms with Crippen LogP contribution in [-0.4, -0.2) is 11.8 Å². The smallest absolute Gasteiger partial charge is 0.238 e. The largest absolute Gasteiger partial charge is 0.295 e. The minimum Gasteiger partial charge on any atom is -0.295 e. The minimum atomic E-state index is -0.690. The van der Waals surface area contributed by atoms with E-state index >= 15 is 0 Å². The van der Waals surface area contributed by atoms with Crippen molar-refractivity contribution in [2.45, 2.75) is 11.8 Å². The van der Waals surface area contributed by atoms with Crippen LogP contribution in [0.2, 0.25) is 0 Å². The molecule has 0 bridgehead atoms. The van der Waals surface area contributed by atoms with Crippen molar-refractivity contribution < 1.29 is 14.0 Å². The van der Waals surface area contributed by atoms with E-state index in [1.807, 2.05) is 0 Å². The van der Waals surface area contributed by atoms with Gasteiger partial charge in [0.05, 0.1) is 11.3 Å². The van der Waals surface area contributed by atoms with E-state index in [1.54, 1.807) is 12.1 Å². The van der Waals surface area contributed by atoms with E-state index in [2.05, 4.69) is 5.32 Å². The van der Waals surface area contributed by atoms with Gasteiger partial charge < -0.3 is 0 Å². The lowest BCUT2D eigenvalue weighted by Crippen LogP contribution is -2.30. The molecule has 1 heterocycles. The fraction of sp³-hybridized carbons (Fsp3) is 0.273. The SMILES string of the molecule is O=C1NC(=O)C2(c3ccc(F)cc3)CC12. The molecule has 2 atom stereocenters. The number of imide groups is 1. The van der Waals surface area contributed by atoms with E-state index in [-0.39, 0.29) is 23.5 Å². The number of benzene rings is 1. The number of halogens is 1. The van der Waals surface area contributed by atoms with Gasteiger partial charge in [-0.25, -0.2) is 4.39 Å². The average Bonchev–Trinajstić information content (AvgIpc) is 2.90. The minimum absolute atomic E-state index is 0.204. The summed E-state index contributed by atoms with van der Waals surface area (Å²) in [7, 11) is 0. The van der Waals surface area contributed by atoms with E-state index in [0.717, 1.165) is 5.56 Å². The first-order valence-electron chi connectivity index (χ1n) is 4.76. The predicted octanol–water partition coefficient (Wildman–Crippen LogP) is 0.740. The Morgan fingerprint density at radius 2 is 1.93 bits per heavy atom. The Hall–Kier alpha value is -1.71. The molecular formula is C11H8FNO2. The highest BCUT2D eigenvalue weighted by molar-refractivity contribution is 6.15. The zero-order chi connectivity index (χ0) is 10.6. The molecule has 1 aromatic rings. The number of carbonyl (C=O) groups is 2. The molecule has 1 aliphatic carbocycles. The van der Waals surface area contributed by atoms with Gasteiger partial charge in [-0.05, 0) is 24.1 Å². The topological polar surface area (TPSA) is 46.2 Å². The summed E-state index contributed by atoms with van der Waals surface area (Å²) < 4.78 is 12.7. The van der Waals surface area contributed by atoms with Crippen molar-refractivity contribution in [1.29, 1.82) is 0 Å².